The van der Waals surface area contributed by atoms with E-state index in [1.54, 1.807) is 11.9 Å². The smallest absolute Gasteiger partial charge is 0.232 e. The summed E-state index contributed by atoms with van der Waals surface area (Å²) in [6.45, 7) is 9.51. The first-order chi connectivity index (χ1) is 16.2. The number of nitriles is 1. The molecule has 34 heavy (non-hydrogen) atoms. The fourth-order valence-corrected chi connectivity index (χ4v) is 4.23. The highest BCUT2D eigenvalue weighted by Gasteiger charge is 2.20. The second kappa shape index (κ2) is 11.2. The molecule has 0 bridgehead atoms. The van der Waals surface area contributed by atoms with Crippen LogP contribution in [-0.4, -0.2) is 51.5 Å². The number of aromatic nitrogens is 3. The molecule has 0 spiro atoms. The Morgan fingerprint density at radius 1 is 1.12 bits per heavy atom. The van der Waals surface area contributed by atoms with Gasteiger partial charge in [0.15, 0.2) is 11.0 Å². The van der Waals surface area contributed by atoms with Gasteiger partial charge in [-0.05, 0) is 42.2 Å². The molecule has 8 heteroatoms. The molecular formula is C26H31N5O2S. The minimum absolute atomic E-state index is 0.0558. The Kier molecular flexibility index (Phi) is 8.35. The standard InChI is InChI=1S/C26H31N5O2S/c1-6-33-22-14-12-21(13-15-22)31-24(19-8-10-20(11-9-19)26(2,3)4)28-29-25(31)34-18-23(32)30(5)17-7-16-27/h8-15H,6-7,17-18H2,1-5H3. The molecule has 178 valence electrons. The van der Waals surface area contributed by atoms with Gasteiger partial charge < -0.3 is 9.64 Å². The van der Waals surface area contributed by atoms with E-state index in [0.717, 1.165) is 17.0 Å². The van der Waals surface area contributed by atoms with Gasteiger partial charge >= 0.3 is 0 Å². The molecule has 0 atom stereocenters. The van der Waals surface area contributed by atoms with Crippen LogP contribution in [0.1, 0.15) is 39.7 Å². The van der Waals surface area contributed by atoms with E-state index < -0.39 is 0 Å². The highest BCUT2D eigenvalue weighted by atomic mass is 32.2. The van der Waals surface area contributed by atoms with Crippen molar-refractivity contribution in [1.29, 1.82) is 5.26 Å². The van der Waals surface area contributed by atoms with Crippen LogP contribution in [-0.2, 0) is 10.2 Å². The van der Waals surface area contributed by atoms with Gasteiger partial charge in [0, 0.05) is 24.8 Å². The minimum atomic E-state index is -0.0578. The van der Waals surface area contributed by atoms with Crippen LogP contribution in [0.2, 0.25) is 0 Å². The number of thioether (sulfide) groups is 1. The molecule has 0 aliphatic heterocycles. The molecule has 0 radical (unpaired) electrons. The van der Waals surface area contributed by atoms with Gasteiger partial charge in [-0.2, -0.15) is 5.26 Å². The fourth-order valence-electron chi connectivity index (χ4n) is 3.34. The molecule has 1 amide bonds. The molecule has 7 nitrogen and oxygen atoms in total. The van der Waals surface area contributed by atoms with Crippen LogP contribution in [0.15, 0.2) is 53.7 Å². The predicted molar refractivity (Wildman–Crippen MR) is 135 cm³/mol. The first-order valence-corrected chi connectivity index (χ1v) is 12.3. The Bertz CT molecular complexity index is 1140. The molecule has 3 rings (SSSR count). The van der Waals surface area contributed by atoms with E-state index in [4.69, 9.17) is 10.00 Å². The lowest BCUT2D eigenvalue weighted by molar-refractivity contribution is -0.127. The number of rotatable bonds is 9. The van der Waals surface area contributed by atoms with Crippen molar-refractivity contribution in [2.24, 2.45) is 0 Å². The summed E-state index contributed by atoms with van der Waals surface area (Å²) in [4.78, 5) is 14.1. The monoisotopic (exact) mass is 477 g/mol. The Morgan fingerprint density at radius 2 is 1.79 bits per heavy atom. The summed E-state index contributed by atoms with van der Waals surface area (Å²) in [6.07, 6.45) is 0.310. The highest BCUT2D eigenvalue weighted by molar-refractivity contribution is 7.99. The first-order valence-electron chi connectivity index (χ1n) is 11.3. The van der Waals surface area contributed by atoms with Gasteiger partial charge in [0.05, 0.1) is 24.8 Å². The van der Waals surface area contributed by atoms with Crippen LogP contribution in [0.4, 0.5) is 0 Å². The Morgan fingerprint density at radius 3 is 2.38 bits per heavy atom. The summed E-state index contributed by atoms with van der Waals surface area (Å²) < 4.78 is 7.55. The molecule has 0 saturated carbocycles. The zero-order valence-electron chi connectivity index (χ0n) is 20.4. The van der Waals surface area contributed by atoms with E-state index in [2.05, 4.69) is 61.3 Å². The predicted octanol–water partition coefficient (Wildman–Crippen LogP) is 5.09. The van der Waals surface area contributed by atoms with Gasteiger partial charge in [-0.3, -0.25) is 9.36 Å². The number of carbonyl (C=O) groups excluding carboxylic acids is 1. The van der Waals surface area contributed by atoms with Gasteiger partial charge in [0.25, 0.3) is 0 Å². The molecule has 3 aromatic rings. The van der Waals surface area contributed by atoms with Gasteiger partial charge in [0.1, 0.15) is 5.75 Å². The lowest BCUT2D eigenvalue weighted by atomic mass is 9.87. The third kappa shape index (κ3) is 6.17. The lowest BCUT2D eigenvalue weighted by Crippen LogP contribution is -2.29. The maximum Gasteiger partial charge on any atom is 0.232 e. The average molecular weight is 478 g/mol. The van der Waals surface area contributed by atoms with Crippen molar-refractivity contribution in [3.8, 4) is 28.9 Å². The summed E-state index contributed by atoms with van der Waals surface area (Å²) >= 11 is 1.33. The SMILES string of the molecule is CCOc1ccc(-n2c(SCC(=O)N(C)CCC#N)nnc2-c2ccc(C(C)(C)C)cc2)cc1. The summed E-state index contributed by atoms with van der Waals surface area (Å²) in [7, 11) is 1.71. The van der Waals surface area contributed by atoms with Crippen LogP contribution in [0, 0.1) is 11.3 Å². The third-order valence-electron chi connectivity index (χ3n) is 5.36. The van der Waals surface area contributed by atoms with Crippen LogP contribution in [0.5, 0.6) is 5.75 Å². The topological polar surface area (TPSA) is 84.0 Å². The van der Waals surface area contributed by atoms with E-state index in [-0.39, 0.29) is 17.1 Å². The van der Waals surface area contributed by atoms with Gasteiger partial charge in [-0.1, -0.05) is 56.8 Å². The quantitative estimate of drug-likeness (QED) is 0.399. The Labute approximate surface area is 205 Å². The van der Waals surface area contributed by atoms with E-state index in [1.807, 2.05) is 35.8 Å². The van der Waals surface area contributed by atoms with E-state index >= 15 is 0 Å². The summed E-state index contributed by atoms with van der Waals surface area (Å²) in [5.74, 6) is 1.65. The molecule has 2 aromatic carbocycles. The molecule has 0 fully saturated rings. The molecule has 0 N–H and O–H groups in total. The van der Waals surface area contributed by atoms with Gasteiger partial charge in [0.2, 0.25) is 5.91 Å². The van der Waals surface area contributed by atoms with Crippen molar-refractivity contribution in [2.45, 2.75) is 44.7 Å². The molecule has 0 aliphatic carbocycles. The average Bonchev–Trinajstić information content (AvgIpc) is 3.25. The molecule has 0 aliphatic rings. The van der Waals surface area contributed by atoms with E-state index in [1.165, 1.54) is 17.3 Å². The van der Waals surface area contributed by atoms with Crippen molar-refractivity contribution in [1.82, 2.24) is 19.7 Å². The zero-order chi connectivity index (χ0) is 24.7. The van der Waals surface area contributed by atoms with Crippen molar-refractivity contribution in [3.63, 3.8) is 0 Å². The van der Waals surface area contributed by atoms with Gasteiger partial charge in [-0.15, -0.1) is 10.2 Å². The first kappa shape index (κ1) is 25.3. The minimum Gasteiger partial charge on any atom is -0.494 e. The molecule has 0 unspecified atom stereocenters. The number of ether oxygens (including phenoxy) is 1. The maximum absolute atomic E-state index is 12.5. The molecule has 1 aromatic heterocycles. The van der Waals surface area contributed by atoms with Gasteiger partial charge in [-0.25, -0.2) is 0 Å². The van der Waals surface area contributed by atoms with Crippen molar-refractivity contribution >= 4 is 17.7 Å². The highest BCUT2D eigenvalue weighted by Crippen LogP contribution is 2.31. The number of amides is 1. The number of benzene rings is 2. The van der Waals surface area contributed by atoms with Crippen LogP contribution in [0.3, 0.4) is 0 Å². The summed E-state index contributed by atoms with van der Waals surface area (Å²) in [5, 5.41) is 18.3. The maximum atomic E-state index is 12.5. The van der Waals surface area contributed by atoms with Crippen LogP contribution >= 0.6 is 11.8 Å². The molecule has 1 heterocycles. The van der Waals surface area contributed by atoms with E-state index in [9.17, 15) is 4.79 Å². The van der Waals surface area contributed by atoms with Crippen molar-refractivity contribution < 1.29 is 9.53 Å². The normalized spacial score (nSPS) is 11.2. The summed E-state index contributed by atoms with van der Waals surface area (Å²) in [5.41, 5.74) is 3.12. The second-order valence-corrected chi connectivity index (χ2v) is 9.85. The largest absolute Gasteiger partial charge is 0.494 e. The Balaban J connectivity index is 1.94. The molecule has 0 saturated heterocycles. The van der Waals surface area contributed by atoms with Crippen molar-refractivity contribution in [3.05, 3.63) is 54.1 Å². The number of hydrogen-bond acceptors (Lipinski definition) is 6. The van der Waals surface area contributed by atoms with Crippen LogP contribution < -0.4 is 4.74 Å². The second-order valence-electron chi connectivity index (χ2n) is 8.91. The molecular weight excluding hydrogens is 446 g/mol. The zero-order valence-corrected chi connectivity index (χ0v) is 21.2. The van der Waals surface area contributed by atoms with Crippen molar-refractivity contribution in [2.75, 3.05) is 26.0 Å². The number of hydrogen-bond donors (Lipinski definition) is 0. The lowest BCUT2D eigenvalue weighted by Gasteiger charge is -2.19. The number of carbonyl (C=O) groups is 1. The fraction of sp³-hybridized carbons (Fsp3) is 0.385. The van der Waals surface area contributed by atoms with E-state index in [0.29, 0.717) is 30.6 Å². The Hall–Kier alpha value is -3.31. The number of nitrogens with zero attached hydrogens (tertiary/aromatic N) is 5. The summed E-state index contributed by atoms with van der Waals surface area (Å²) in [6, 6.07) is 18.2. The van der Waals surface area contributed by atoms with Crippen LogP contribution in [0.25, 0.3) is 17.1 Å². The third-order valence-corrected chi connectivity index (χ3v) is 6.27.